The molecule has 0 bridgehead atoms. The van der Waals surface area contributed by atoms with Crippen LogP contribution in [0.1, 0.15) is 84.4 Å². The van der Waals surface area contributed by atoms with Crippen molar-refractivity contribution in [3.8, 4) is 17.2 Å². The molecule has 3 atom stereocenters. The van der Waals surface area contributed by atoms with E-state index >= 15 is 0 Å². The number of para-hydroxylation sites is 1. The van der Waals surface area contributed by atoms with Gasteiger partial charge in [-0.3, -0.25) is 4.79 Å². The van der Waals surface area contributed by atoms with Gasteiger partial charge in [0.2, 0.25) is 5.91 Å². The average Bonchev–Trinajstić information content (AvgIpc) is 3.04. The number of carbonyl (C=O) groups is 2. The number of esters is 1. The molecule has 3 aromatic rings. The molecular formula is C37H47NO6. The summed E-state index contributed by atoms with van der Waals surface area (Å²) in [6, 6.07) is 17.3. The van der Waals surface area contributed by atoms with Crippen LogP contribution in [-0.4, -0.2) is 50.7 Å². The van der Waals surface area contributed by atoms with Crippen LogP contribution in [0, 0.1) is 20.8 Å². The average molecular weight is 602 g/mol. The zero-order valence-corrected chi connectivity index (χ0v) is 27.3. The molecule has 1 amide bonds. The van der Waals surface area contributed by atoms with E-state index < -0.39 is 18.1 Å². The van der Waals surface area contributed by atoms with Crippen molar-refractivity contribution in [2.45, 2.75) is 84.3 Å². The molecule has 44 heavy (non-hydrogen) atoms. The van der Waals surface area contributed by atoms with Crippen LogP contribution in [-0.2, 0) is 20.7 Å². The predicted molar refractivity (Wildman–Crippen MR) is 173 cm³/mol. The molecule has 0 N–H and O–H groups in total. The Balaban J connectivity index is 1.59. The second kappa shape index (κ2) is 15.1. The minimum Gasteiger partial charge on any atom is -0.496 e. The Bertz CT molecular complexity index is 1450. The highest BCUT2D eigenvalue weighted by molar-refractivity contribution is 5.89. The SMILES string of the molecule is CC[C@H](C(=O)N1CCCC[C@H]1C(=O)O[C@H](CCc1ccc(C)c(C)c1)c1ccccc1OC)c1cc(C)c(OC)c(OC)c1. The summed E-state index contributed by atoms with van der Waals surface area (Å²) in [6.45, 7) is 8.67. The van der Waals surface area contributed by atoms with Gasteiger partial charge in [0, 0.05) is 12.1 Å². The second-order valence-electron chi connectivity index (χ2n) is 11.7. The van der Waals surface area contributed by atoms with Gasteiger partial charge in [-0.05, 0) is 99.2 Å². The van der Waals surface area contributed by atoms with E-state index in [2.05, 4.69) is 32.0 Å². The number of carbonyl (C=O) groups excluding carboxylic acids is 2. The van der Waals surface area contributed by atoms with Gasteiger partial charge < -0.3 is 23.8 Å². The minimum atomic E-state index is -0.648. The summed E-state index contributed by atoms with van der Waals surface area (Å²) in [5.74, 6) is 1.07. The molecule has 1 heterocycles. The molecule has 7 heteroatoms. The fourth-order valence-corrected chi connectivity index (χ4v) is 6.26. The van der Waals surface area contributed by atoms with Gasteiger partial charge in [-0.2, -0.15) is 0 Å². The van der Waals surface area contributed by atoms with Gasteiger partial charge in [-0.25, -0.2) is 4.79 Å². The van der Waals surface area contributed by atoms with Crippen LogP contribution in [0.4, 0.5) is 0 Å². The highest BCUT2D eigenvalue weighted by Crippen LogP contribution is 2.37. The zero-order chi connectivity index (χ0) is 31.8. The zero-order valence-electron chi connectivity index (χ0n) is 27.3. The van der Waals surface area contributed by atoms with E-state index in [4.69, 9.17) is 18.9 Å². The monoisotopic (exact) mass is 601 g/mol. The number of likely N-dealkylation sites (tertiary alicyclic amines) is 1. The molecule has 3 aromatic carbocycles. The first-order valence-electron chi connectivity index (χ1n) is 15.6. The Morgan fingerprint density at radius 2 is 1.61 bits per heavy atom. The lowest BCUT2D eigenvalue weighted by molar-refractivity contribution is -0.162. The first-order chi connectivity index (χ1) is 21.2. The fraction of sp³-hybridized carbons (Fsp3) is 0.459. The van der Waals surface area contributed by atoms with Crippen LogP contribution in [0.5, 0.6) is 17.2 Å². The number of nitrogens with zero attached hydrogens (tertiary/aromatic N) is 1. The molecule has 1 aliphatic heterocycles. The van der Waals surface area contributed by atoms with Gasteiger partial charge in [0.05, 0.1) is 27.2 Å². The molecule has 0 spiro atoms. The lowest BCUT2D eigenvalue weighted by Gasteiger charge is -2.37. The van der Waals surface area contributed by atoms with Gasteiger partial charge >= 0.3 is 5.97 Å². The summed E-state index contributed by atoms with van der Waals surface area (Å²) >= 11 is 0. The van der Waals surface area contributed by atoms with E-state index in [1.165, 1.54) is 16.7 Å². The highest BCUT2D eigenvalue weighted by atomic mass is 16.5. The molecule has 236 valence electrons. The summed E-state index contributed by atoms with van der Waals surface area (Å²) in [7, 11) is 4.83. The summed E-state index contributed by atoms with van der Waals surface area (Å²) in [5, 5.41) is 0. The molecule has 1 aliphatic rings. The molecule has 0 aliphatic carbocycles. The van der Waals surface area contributed by atoms with Crippen LogP contribution < -0.4 is 14.2 Å². The van der Waals surface area contributed by atoms with Crippen molar-refractivity contribution in [2.75, 3.05) is 27.9 Å². The van der Waals surface area contributed by atoms with Crippen molar-refractivity contribution in [3.63, 3.8) is 0 Å². The first kappa shape index (κ1) is 32.9. The highest BCUT2D eigenvalue weighted by Gasteiger charge is 2.38. The number of ether oxygens (including phenoxy) is 4. The number of amides is 1. The van der Waals surface area contributed by atoms with Crippen molar-refractivity contribution in [2.24, 2.45) is 0 Å². The summed E-state index contributed by atoms with van der Waals surface area (Å²) in [6.07, 6.45) is 3.68. The molecule has 1 fully saturated rings. The Kier molecular flexibility index (Phi) is 11.3. The van der Waals surface area contributed by atoms with E-state index in [0.29, 0.717) is 43.1 Å². The maximum Gasteiger partial charge on any atom is 0.329 e. The molecule has 0 unspecified atom stereocenters. The predicted octanol–water partition coefficient (Wildman–Crippen LogP) is 7.43. The third kappa shape index (κ3) is 7.37. The normalized spacial score (nSPS) is 16.2. The maximum absolute atomic E-state index is 14.2. The number of hydrogen-bond donors (Lipinski definition) is 0. The van der Waals surface area contributed by atoms with Gasteiger partial charge in [0.15, 0.2) is 11.5 Å². The number of piperidine rings is 1. The molecule has 0 radical (unpaired) electrons. The third-order valence-corrected chi connectivity index (χ3v) is 8.86. The minimum absolute atomic E-state index is 0.0651. The standard InChI is InChI=1S/C37H47NO6/c1-8-29(28-22-26(4)35(43-7)34(23-28)42-6)36(39)38-20-12-11-14-31(38)37(40)44-33(30-13-9-10-15-32(30)41-5)19-18-27-17-16-24(2)25(3)21-27/h9-10,13,15-17,21-23,29,31,33H,8,11-12,14,18-20H2,1-7H3/t29-,31-,33+/m0/s1. The smallest absolute Gasteiger partial charge is 0.329 e. The summed E-state index contributed by atoms with van der Waals surface area (Å²) in [5.41, 5.74) is 6.25. The van der Waals surface area contributed by atoms with E-state index in [-0.39, 0.29) is 11.9 Å². The second-order valence-corrected chi connectivity index (χ2v) is 11.7. The van der Waals surface area contributed by atoms with Crippen LogP contribution >= 0.6 is 0 Å². The van der Waals surface area contributed by atoms with E-state index in [9.17, 15) is 9.59 Å². The van der Waals surface area contributed by atoms with Crippen molar-refractivity contribution in [1.82, 2.24) is 4.90 Å². The van der Waals surface area contributed by atoms with Crippen LogP contribution in [0.15, 0.2) is 54.6 Å². The summed E-state index contributed by atoms with van der Waals surface area (Å²) in [4.78, 5) is 29.9. The fourth-order valence-electron chi connectivity index (χ4n) is 6.26. The number of methoxy groups -OCH3 is 3. The lowest BCUT2D eigenvalue weighted by atomic mass is 9.91. The number of aryl methyl sites for hydroxylation is 4. The van der Waals surface area contributed by atoms with Crippen LogP contribution in [0.25, 0.3) is 0 Å². The van der Waals surface area contributed by atoms with E-state index in [1.807, 2.05) is 50.2 Å². The van der Waals surface area contributed by atoms with Crippen molar-refractivity contribution in [3.05, 3.63) is 88.0 Å². The molecule has 4 rings (SSSR count). The quantitative estimate of drug-likeness (QED) is 0.201. The molecule has 0 saturated carbocycles. The van der Waals surface area contributed by atoms with E-state index in [1.54, 1.807) is 26.2 Å². The van der Waals surface area contributed by atoms with Gasteiger partial charge in [0.1, 0.15) is 17.9 Å². The van der Waals surface area contributed by atoms with Crippen molar-refractivity contribution in [1.29, 1.82) is 0 Å². The Hall–Kier alpha value is -4.00. The first-order valence-corrected chi connectivity index (χ1v) is 15.6. The largest absolute Gasteiger partial charge is 0.496 e. The number of rotatable bonds is 12. The van der Waals surface area contributed by atoms with Crippen LogP contribution in [0.2, 0.25) is 0 Å². The van der Waals surface area contributed by atoms with E-state index in [0.717, 1.165) is 36.0 Å². The lowest BCUT2D eigenvalue weighted by Crippen LogP contribution is -2.50. The Morgan fingerprint density at radius 3 is 2.30 bits per heavy atom. The maximum atomic E-state index is 14.2. The molecular weight excluding hydrogens is 554 g/mol. The number of benzene rings is 3. The van der Waals surface area contributed by atoms with Crippen molar-refractivity contribution < 1.29 is 28.5 Å². The molecule has 0 aromatic heterocycles. The summed E-state index contributed by atoms with van der Waals surface area (Å²) < 4.78 is 23.1. The molecule has 7 nitrogen and oxygen atoms in total. The number of hydrogen-bond acceptors (Lipinski definition) is 6. The van der Waals surface area contributed by atoms with Gasteiger partial charge in [0.25, 0.3) is 0 Å². The molecule has 1 saturated heterocycles. The Labute approximate surface area is 262 Å². The van der Waals surface area contributed by atoms with Gasteiger partial charge in [-0.1, -0.05) is 49.4 Å². The topological polar surface area (TPSA) is 74.3 Å². The van der Waals surface area contributed by atoms with Crippen LogP contribution in [0.3, 0.4) is 0 Å². The van der Waals surface area contributed by atoms with Gasteiger partial charge in [-0.15, -0.1) is 0 Å². The van der Waals surface area contributed by atoms with Crippen molar-refractivity contribution >= 4 is 11.9 Å². The Morgan fingerprint density at radius 1 is 0.864 bits per heavy atom. The third-order valence-electron chi connectivity index (χ3n) is 8.86.